The van der Waals surface area contributed by atoms with E-state index in [4.69, 9.17) is 20.9 Å². The molecule has 0 bridgehead atoms. The van der Waals surface area contributed by atoms with Crippen molar-refractivity contribution in [2.24, 2.45) is 0 Å². The molecule has 0 unspecified atom stereocenters. The number of benzene rings is 4. The van der Waals surface area contributed by atoms with Crippen LogP contribution in [0.5, 0.6) is 23.0 Å². The maximum absolute atomic E-state index is 13.1. The minimum atomic E-state index is -3.73. The molecule has 4 aromatic rings. The summed E-state index contributed by atoms with van der Waals surface area (Å²) in [7, 11) is -3.73. The number of hydrogen-bond acceptors (Lipinski definition) is 6. The predicted octanol–water partition coefficient (Wildman–Crippen LogP) is 5.27. The first-order valence-electron chi connectivity index (χ1n) is 9.42. The van der Waals surface area contributed by atoms with E-state index in [0.717, 1.165) is 0 Å². The molecule has 0 aliphatic heterocycles. The summed E-state index contributed by atoms with van der Waals surface area (Å²) in [6.45, 7) is 0. The van der Waals surface area contributed by atoms with Crippen molar-refractivity contribution >= 4 is 21.2 Å². The zero-order valence-electron chi connectivity index (χ0n) is 16.4. The Labute approximate surface area is 180 Å². The van der Waals surface area contributed by atoms with Crippen LogP contribution in [0.2, 0.25) is 0 Å². The Morgan fingerprint density at radius 3 is 1.68 bits per heavy atom. The molecule has 31 heavy (non-hydrogen) atoms. The molecule has 0 aliphatic carbocycles. The summed E-state index contributed by atoms with van der Waals surface area (Å²) in [5.74, 6) is 2.05. The Kier molecular flexibility index (Phi) is 5.51. The molecular weight excluding hydrogens is 412 g/mol. The van der Waals surface area contributed by atoms with Crippen LogP contribution < -0.4 is 20.9 Å². The first kappa shape index (κ1) is 20.3. The smallest absolute Gasteiger partial charge is 0.206 e. The molecule has 0 aromatic heterocycles. The van der Waals surface area contributed by atoms with Crippen molar-refractivity contribution in [2.45, 2.75) is 9.79 Å². The van der Waals surface area contributed by atoms with Gasteiger partial charge in [-0.2, -0.15) is 0 Å². The summed E-state index contributed by atoms with van der Waals surface area (Å²) >= 11 is 0. The Bertz CT molecular complexity index is 1300. The molecule has 0 amide bonds. The van der Waals surface area contributed by atoms with Gasteiger partial charge in [-0.25, -0.2) is 8.42 Å². The summed E-state index contributed by atoms with van der Waals surface area (Å²) in [6, 6.07) is 26.4. The second-order valence-electron chi connectivity index (χ2n) is 6.80. The van der Waals surface area contributed by atoms with E-state index >= 15 is 0 Å². The molecule has 0 radical (unpaired) electrons. The van der Waals surface area contributed by atoms with Gasteiger partial charge in [-0.3, -0.25) is 0 Å². The molecule has 0 spiro atoms. The average Bonchev–Trinajstić information content (AvgIpc) is 2.76. The van der Waals surface area contributed by atoms with Gasteiger partial charge >= 0.3 is 0 Å². The van der Waals surface area contributed by atoms with Crippen LogP contribution in [0.3, 0.4) is 0 Å². The third-order valence-corrected chi connectivity index (χ3v) is 6.23. The average molecular weight is 433 g/mol. The lowest BCUT2D eigenvalue weighted by atomic mass is 10.3. The van der Waals surface area contributed by atoms with Crippen molar-refractivity contribution in [1.29, 1.82) is 0 Å². The van der Waals surface area contributed by atoms with E-state index in [9.17, 15) is 8.42 Å². The first-order valence-corrected chi connectivity index (χ1v) is 10.9. The Balaban J connectivity index is 1.54. The number of anilines is 2. The third-order valence-electron chi connectivity index (χ3n) is 4.46. The maximum atomic E-state index is 13.1. The molecular formula is C24H20N2O4S. The summed E-state index contributed by atoms with van der Waals surface area (Å²) in [5.41, 5.74) is 12.6. The van der Waals surface area contributed by atoms with Crippen LogP contribution in [0.1, 0.15) is 0 Å². The monoisotopic (exact) mass is 432 g/mol. The highest BCUT2D eigenvalue weighted by molar-refractivity contribution is 7.91. The van der Waals surface area contributed by atoms with Gasteiger partial charge in [-0.1, -0.05) is 12.1 Å². The number of nitrogens with two attached hydrogens (primary N) is 2. The number of nitrogen functional groups attached to an aromatic ring is 2. The number of hydrogen-bond donors (Lipinski definition) is 2. The van der Waals surface area contributed by atoms with E-state index in [2.05, 4.69) is 0 Å². The number of sulfone groups is 1. The molecule has 4 rings (SSSR count). The fourth-order valence-corrected chi connectivity index (χ4v) is 4.21. The van der Waals surface area contributed by atoms with Crippen LogP contribution in [0, 0.1) is 0 Å². The number of ether oxygens (including phenoxy) is 2. The van der Waals surface area contributed by atoms with E-state index in [1.165, 1.54) is 24.3 Å². The summed E-state index contributed by atoms with van der Waals surface area (Å²) in [5, 5.41) is 0. The lowest BCUT2D eigenvalue weighted by molar-refractivity contribution is 0.480. The highest BCUT2D eigenvalue weighted by Crippen LogP contribution is 2.30. The highest BCUT2D eigenvalue weighted by atomic mass is 32.2. The maximum Gasteiger partial charge on any atom is 0.206 e. The Morgan fingerprint density at radius 2 is 1.06 bits per heavy atom. The van der Waals surface area contributed by atoms with Crippen molar-refractivity contribution in [3.63, 3.8) is 0 Å². The molecule has 0 aliphatic rings. The van der Waals surface area contributed by atoms with Crippen molar-refractivity contribution < 1.29 is 17.9 Å². The SMILES string of the molecule is Nc1ccc(Oc2cccc(S(=O)(=O)c3ccc(Oc4cccc(N)c4)cc3)c2)cc1. The molecule has 7 heteroatoms. The Hall–Kier alpha value is -3.97. The van der Waals surface area contributed by atoms with Crippen LogP contribution in [0.15, 0.2) is 107 Å². The van der Waals surface area contributed by atoms with Crippen LogP contribution in [0.25, 0.3) is 0 Å². The molecule has 156 valence electrons. The molecule has 4 N–H and O–H groups in total. The normalized spacial score (nSPS) is 11.1. The summed E-state index contributed by atoms with van der Waals surface area (Å²) in [6.07, 6.45) is 0. The lowest BCUT2D eigenvalue weighted by Crippen LogP contribution is -2.02. The van der Waals surface area contributed by atoms with E-state index in [1.54, 1.807) is 72.8 Å². The molecule has 6 nitrogen and oxygen atoms in total. The van der Waals surface area contributed by atoms with Gasteiger partial charge in [0.05, 0.1) is 9.79 Å². The Morgan fingerprint density at radius 1 is 0.516 bits per heavy atom. The molecule has 0 saturated heterocycles. The van der Waals surface area contributed by atoms with Crippen molar-refractivity contribution in [3.05, 3.63) is 97.1 Å². The minimum Gasteiger partial charge on any atom is -0.457 e. The largest absolute Gasteiger partial charge is 0.457 e. The van der Waals surface area contributed by atoms with E-state index in [0.29, 0.717) is 34.4 Å². The van der Waals surface area contributed by atoms with E-state index < -0.39 is 9.84 Å². The standard InChI is InChI=1S/C24H20N2O4S/c25-17-7-9-19(10-8-17)30-22-5-2-6-24(16-22)31(27,28)23-13-11-20(12-14-23)29-21-4-1-3-18(26)15-21/h1-16H,25-26H2. The van der Waals surface area contributed by atoms with Crippen molar-refractivity contribution in [2.75, 3.05) is 11.5 Å². The third kappa shape index (κ3) is 4.79. The number of rotatable bonds is 6. The molecule has 0 fully saturated rings. The molecule has 0 heterocycles. The highest BCUT2D eigenvalue weighted by Gasteiger charge is 2.18. The predicted molar refractivity (Wildman–Crippen MR) is 120 cm³/mol. The van der Waals surface area contributed by atoms with Gasteiger partial charge in [0.15, 0.2) is 0 Å². The molecule has 0 saturated carbocycles. The fraction of sp³-hybridized carbons (Fsp3) is 0. The zero-order valence-corrected chi connectivity index (χ0v) is 17.3. The van der Waals surface area contributed by atoms with E-state index in [1.807, 2.05) is 0 Å². The van der Waals surface area contributed by atoms with Gasteiger partial charge in [0.25, 0.3) is 0 Å². The van der Waals surface area contributed by atoms with E-state index in [-0.39, 0.29) is 9.79 Å². The second-order valence-corrected chi connectivity index (χ2v) is 8.75. The van der Waals surface area contributed by atoms with Gasteiger partial charge < -0.3 is 20.9 Å². The summed E-state index contributed by atoms with van der Waals surface area (Å²) in [4.78, 5) is 0.280. The van der Waals surface area contributed by atoms with Crippen molar-refractivity contribution in [3.8, 4) is 23.0 Å². The lowest BCUT2D eigenvalue weighted by Gasteiger charge is -2.10. The molecule has 0 atom stereocenters. The minimum absolute atomic E-state index is 0.130. The second kappa shape index (κ2) is 8.41. The zero-order chi connectivity index (χ0) is 21.8. The van der Waals surface area contributed by atoms with Gasteiger partial charge in [0, 0.05) is 17.4 Å². The van der Waals surface area contributed by atoms with Crippen molar-refractivity contribution in [1.82, 2.24) is 0 Å². The van der Waals surface area contributed by atoms with Crippen LogP contribution >= 0.6 is 0 Å². The first-order chi connectivity index (χ1) is 14.9. The van der Waals surface area contributed by atoms with Crippen LogP contribution in [0.4, 0.5) is 11.4 Å². The van der Waals surface area contributed by atoms with Gasteiger partial charge in [0.2, 0.25) is 9.84 Å². The van der Waals surface area contributed by atoms with Crippen LogP contribution in [-0.4, -0.2) is 8.42 Å². The van der Waals surface area contributed by atoms with Gasteiger partial charge in [0.1, 0.15) is 23.0 Å². The topological polar surface area (TPSA) is 105 Å². The van der Waals surface area contributed by atoms with Crippen LogP contribution in [-0.2, 0) is 9.84 Å². The molecule has 4 aromatic carbocycles. The van der Waals surface area contributed by atoms with Gasteiger partial charge in [-0.15, -0.1) is 0 Å². The summed E-state index contributed by atoms with van der Waals surface area (Å²) < 4.78 is 37.6. The fourth-order valence-electron chi connectivity index (χ4n) is 2.91. The quantitative estimate of drug-likeness (QED) is 0.402. The van der Waals surface area contributed by atoms with Gasteiger partial charge in [-0.05, 0) is 78.9 Å².